The molecule has 0 spiro atoms. The van der Waals surface area contributed by atoms with Crippen LogP contribution in [0.4, 0.5) is 4.79 Å². The van der Waals surface area contributed by atoms with Gasteiger partial charge in [0.05, 0.1) is 31.8 Å². The van der Waals surface area contributed by atoms with Crippen molar-refractivity contribution in [2.24, 2.45) is 52.8 Å². The summed E-state index contributed by atoms with van der Waals surface area (Å²) in [5, 5.41) is 23.8. The van der Waals surface area contributed by atoms with Crippen LogP contribution in [0, 0.1) is 52.8 Å². The lowest BCUT2D eigenvalue weighted by Gasteiger charge is -2.62. The number of carboxylic acids is 1. The minimum absolute atomic E-state index is 0.00427. The standard InChI is InChI=1S/C37H51NO8/c1-4-24(38-17-22-8-6-5-7-9-22)18-45-34-27-19-44-20-37(16-31(34)46-36(42)43)28(27)13-12-25-26-11-10-23(14-21(2)3)32(35(40)41)33(26)30(39)15-29(25)37/h5-9,15,21,23-28,31-34,38H,4,10-14,16-20H2,1-3H3,(H,40,41)(H,42,43)/t23?,24?,25?,26?,27?,28?,31-,32-,33?,34-,37+/m1/s1. The molecule has 1 aromatic rings. The first-order valence-electron chi connectivity index (χ1n) is 17.5. The number of ether oxygens (including phenoxy) is 3. The minimum atomic E-state index is -1.32. The molecule has 252 valence electrons. The first kappa shape index (κ1) is 33.2. The number of hydrogen-bond donors (Lipinski definition) is 3. The van der Waals surface area contributed by atoms with Crippen LogP contribution in [0.2, 0.25) is 0 Å². The molecule has 0 radical (unpaired) electrons. The fourth-order valence-corrected chi connectivity index (χ4v) is 10.3. The van der Waals surface area contributed by atoms with Crippen LogP contribution in [0.25, 0.3) is 0 Å². The lowest BCUT2D eigenvalue weighted by molar-refractivity contribution is -0.218. The zero-order chi connectivity index (χ0) is 32.6. The maximum absolute atomic E-state index is 14.0. The number of nitrogens with one attached hydrogen (secondary N) is 1. The first-order valence-corrected chi connectivity index (χ1v) is 17.5. The predicted molar refractivity (Wildman–Crippen MR) is 171 cm³/mol. The van der Waals surface area contributed by atoms with Crippen molar-refractivity contribution in [3.05, 3.63) is 47.5 Å². The largest absolute Gasteiger partial charge is 0.506 e. The number of carboxylic acid groups (broad SMARTS) is 2. The molecule has 4 aliphatic carbocycles. The molecular weight excluding hydrogens is 586 g/mol. The molecule has 2 bridgehead atoms. The Bertz CT molecular complexity index is 1300. The van der Waals surface area contributed by atoms with E-state index in [1.165, 1.54) is 5.56 Å². The summed E-state index contributed by atoms with van der Waals surface area (Å²) in [7, 11) is 0. The Hall–Kier alpha value is -2.75. The topological polar surface area (TPSA) is 131 Å². The van der Waals surface area contributed by atoms with Gasteiger partial charge in [0.25, 0.3) is 0 Å². The molecule has 1 aromatic carbocycles. The normalized spacial score (nSPS) is 37.3. The van der Waals surface area contributed by atoms with E-state index in [9.17, 15) is 24.6 Å². The summed E-state index contributed by atoms with van der Waals surface area (Å²) in [5.41, 5.74) is 1.73. The van der Waals surface area contributed by atoms with E-state index in [2.05, 4.69) is 38.2 Å². The Morgan fingerprint density at radius 1 is 1.09 bits per heavy atom. The highest BCUT2D eigenvalue weighted by Gasteiger charge is 2.64. The quantitative estimate of drug-likeness (QED) is 0.251. The number of carbonyl (C=O) groups excluding carboxylic acids is 1. The third-order valence-corrected chi connectivity index (χ3v) is 12.1. The van der Waals surface area contributed by atoms with Gasteiger partial charge in [-0.2, -0.15) is 0 Å². The van der Waals surface area contributed by atoms with E-state index < -0.39 is 41.6 Å². The van der Waals surface area contributed by atoms with Gasteiger partial charge in [0.15, 0.2) is 5.78 Å². The SMILES string of the molecule is CCC(CO[C@@H]1C2COC[C@]3(C[C@H]1OC(=O)O)C1=CC(=O)C4C(CCC(CC(C)C)[C@H]4C(=O)O)C1CCC23)NCc1ccccc1. The molecule has 4 fully saturated rings. The van der Waals surface area contributed by atoms with Crippen molar-refractivity contribution in [1.82, 2.24) is 5.32 Å². The zero-order valence-corrected chi connectivity index (χ0v) is 27.4. The van der Waals surface area contributed by atoms with Crippen LogP contribution in [0.5, 0.6) is 0 Å². The van der Waals surface area contributed by atoms with E-state index in [1.54, 1.807) is 6.08 Å². The van der Waals surface area contributed by atoms with Crippen LogP contribution in [0.3, 0.4) is 0 Å². The van der Waals surface area contributed by atoms with Gasteiger partial charge in [-0.05, 0) is 86.2 Å². The molecule has 1 saturated heterocycles. The van der Waals surface area contributed by atoms with Gasteiger partial charge < -0.3 is 29.7 Å². The predicted octanol–water partition coefficient (Wildman–Crippen LogP) is 5.96. The summed E-state index contributed by atoms with van der Waals surface area (Å²) in [6.07, 6.45) is 4.88. The van der Waals surface area contributed by atoms with Crippen LogP contribution >= 0.6 is 0 Å². The van der Waals surface area contributed by atoms with E-state index in [0.29, 0.717) is 38.7 Å². The van der Waals surface area contributed by atoms with Gasteiger partial charge in [-0.15, -0.1) is 0 Å². The molecule has 3 N–H and O–H groups in total. The number of benzene rings is 1. The van der Waals surface area contributed by atoms with E-state index >= 15 is 0 Å². The number of ketones is 1. The number of hydrogen-bond acceptors (Lipinski definition) is 7. The summed E-state index contributed by atoms with van der Waals surface area (Å²) in [4.78, 5) is 38.7. The molecule has 11 atom stereocenters. The van der Waals surface area contributed by atoms with Gasteiger partial charge in [0.2, 0.25) is 0 Å². The van der Waals surface area contributed by atoms with Crippen LogP contribution in [0.15, 0.2) is 42.0 Å². The van der Waals surface area contributed by atoms with Crippen LogP contribution in [-0.4, -0.2) is 66.2 Å². The summed E-state index contributed by atoms with van der Waals surface area (Å²) >= 11 is 0. The lowest BCUT2D eigenvalue weighted by Crippen LogP contribution is -2.64. The Kier molecular flexibility index (Phi) is 9.93. The molecule has 9 heteroatoms. The second kappa shape index (κ2) is 13.8. The third kappa shape index (κ3) is 6.27. The number of fused-ring (bicyclic) bond motifs is 3. The molecule has 0 amide bonds. The van der Waals surface area contributed by atoms with Crippen LogP contribution in [-0.2, 0) is 30.3 Å². The Balaban J connectivity index is 1.25. The molecule has 3 saturated carbocycles. The molecule has 1 aliphatic heterocycles. The molecule has 5 aliphatic rings. The van der Waals surface area contributed by atoms with E-state index in [1.807, 2.05) is 18.2 Å². The van der Waals surface area contributed by atoms with Crippen LogP contribution in [0.1, 0.15) is 71.3 Å². The molecule has 1 heterocycles. The van der Waals surface area contributed by atoms with Gasteiger partial charge in [-0.25, -0.2) is 4.79 Å². The van der Waals surface area contributed by atoms with Gasteiger partial charge in [-0.1, -0.05) is 56.7 Å². The van der Waals surface area contributed by atoms with Crippen molar-refractivity contribution >= 4 is 17.9 Å². The lowest BCUT2D eigenvalue weighted by atomic mass is 9.45. The third-order valence-electron chi connectivity index (χ3n) is 12.1. The van der Waals surface area contributed by atoms with Crippen molar-refractivity contribution in [1.29, 1.82) is 0 Å². The monoisotopic (exact) mass is 637 g/mol. The van der Waals surface area contributed by atoms with Gasteiger partial charge in [0.1, 0.15) is 6.10 Å². The molecule has 6 rings (SSSR count). The van der Waals surface area contributed by atoms with E-state index in [-0.39, 0.29) is 41.4 Å². The minimum Gasteiger partial charge on any atom is -0.481 e. The van der Waals surface area contributed by atoms with E-state index in [0.717, 1.165) is 44.1 Å². The maximum atomic E-state index is 14.0. The summed E-state index contributed by atoms with van der Waals surface area (Å²) in [6.45, 7) is 8.36. The number of carbonyl (C=O) groups is 3. The zero-order valence-electron chi connectivity index (χ0n) is 27.4. The fraction of sp³-hybridized carbons (Fsp3) is 0.703. The van der Waals surface area contributed by atoms with Gasteiger partial charge in [-0.3, -0.25) is 9.59 Å². The fourth-order valence-electron chi connectivity index (χ4n) is 10.3. The maximum Gasteiger partial charge on any atom is 0.506 e. The summed E-state index contributed by atoms with van der Waals surface area (Å²) < 4.78 is 18.5. The molecule has 7 unspecified atom stereocenters. The van der Waals surface area contributed by atoms with Gasteiger partial charge in [0, 0.05) is 29.8 Å². The molecule has 0 aromatic heterocycles. The van der Waals surface area contributed by atoms with Crippen molar-refractivity contribution in [2.45, 2.75) is 90.5 Å². The highest BCUT2D eigenvalue weighted by Crippen LogP contribution is 2.64. The number of aliphatic carboxylic acids is 1. The Labute approximate surface area is 272 Å². The highest BCUT2D eigenvalue weighted by atomic mass is 16.7. The molecular formula is C37H51NO8. The summed E-state index contributed by atoms with van der Waals surface area (Å²) in [6, 6.07) is 10.3. The van der Waals surface area contributed by atoms with Crippen molar-refractivity contribution in [3.8, 4) is 0 Å². The Morgan fingerprint density at radius 2 is 1.87 bits per heavy atom. The molecule has 9 nitrogen and oxygen atoms in total. The smallest absolute Gasteiger partial charge is 0.481 e. The second-order valence-electron chi connectivity index (χ2n) is 15.0. The van der Waals surface area contributed by atoms with Crippen LogP contribution < -0.4 is 5.32 Å². The molecule has 46 heavy (non-hydrogen) atoms. The van der Waals surface area contributed by atoms with Crippen molar-refractivity contribution < 1.29 is 38.8 Å². The van der Waals surface area contributed by atoms with Gasteiger partial charge >= 0.3 is 12.1 Å². The Morgan fingerprint density at radius 3 is 2.57 bits per heavy atom. The average molecular weight is 638 g/mol. The van der Waals surface area contributed by atoms with E-state index in [4.69, 9.17) is 14.2 Å². The number of allylic oxidation sites excluding steroid dienone is 1. The highest BCUT2D eigenvalue weighted by molar-refractivity contribution is 5.97. The summed E-state index contributed by atoms with van der Waals surface area (Å²) in [5.74, 6) is -1.52. The van der Waals surface area contributed by atoms with Crippen molar-refractivity contribution in [3.63, 3.8) is 0 Å². The second-order valence-corrected chi connectivity index (χ2v) is 15.0. The first-order chi connectivity index (χ1) is 22.1. The van der Waals surface area contributed by atoms with Crippen molar-refractivity contribution in [2.75, 3.05) is 19.8 Å². The number of rotatable bonds is 11. The average Bonchev–Trinajstić information content (AvgIpc) is 3.01.